The van der Waals surface area contributed by atoms with Gasteiger partial charge in [-0.25, -0.2) is 9.59 Å². The second kappa shape index (κ2) is 18.1. The number of aliphatic hydroxyl groups excluding tert-OH is 1. The fraction of sp³-hybridized carbons (Fsp3) is 0.640. The second-order valence-electron chi connectivity index (χ2n) is 8.32. The Kier molecular flexibility index (Phi) is 16.5. The highest BCUT2D eigenvalue weighted by Gasteiger charge is 2.39. The van der Waals surface area contributed by atoms with Gasteiger partial charge in [0.2, 0.25) is 0 Å². The molecule has 0 unspecified atom stereocenters. The first kappa shape index (κ1) is 33.8. The summed E-state index contributed by atoms with van der Waals surface area (Å²) in [6, 6.07) is 0. The number of rotatable bonds is 20. The van der Waals surface area contributed by atoms with Gasteiger partial charge in [-0.15, -0.1) is 0 Å². The Bertz CT molecular complexity index is 745. The molecule has 0 aromatic rings. The molecule has 0 spiro atoms. The maximum atomic E-state index is 11.8. The van der Waals surface area contributed by atoms with Crippen molar-refractivity contribution in [2.24, 2.45) is 10.8 Å². The maximum absolute atomic E-state index is 11.8. The van der Waals surface area contributed by atoms with Crippen LogP contribution < -0.4 is 0 Å². The van der Waals surface area contributed by atoms with Crippen molar-refractivity contribution in [2.45, 2.75) is 40.0 Å². The van der Waals surface area contributed by atoms with E-state index in [9.17, 15) is 29.1 Å². The fourth-order valence-electron chi connectivity index (χ4n) is 2.57. The lowest BCUT2D eigenvalue weighted by molar-refractivity contribution is -0.169. The Labute approximate surface area is 216 Å². The van der Waals surface area contributed by atoms with Crippen LogP contribution in [0.15, 0.2) is 25.3 Å². The summed E-state index contributed by atoms with van der Waals surface area (Å²) in [4.78, 5) is 58.8. The van der Waals surface area contributed by atoms with E-state index < -0.39 is 47.3 Å². The zero-order valence-electron chi connectivity index (χ0n) is 21.8. The van der Waals surface area contributed by atoms with Crippen LogP contribution >= 0.6 is 0 Å². The second-order valence-corrected chi connectivity index (χ2v) is 8.32. The molecule has 1 N–H and O–H groups in total. The Balaban J connectivity index is 5.87. The zero-order chi connectivity index (χ0) is 28.3. The third-order valence-electron chi connectivity index (χ3n) is 5.01. The molecule has 37 heavy (non-hydrogen) atoms. The summed E-state index contributed by atoms with van der Waals surface area (Å²) in [5.41, 5.74) is -2.68. The van der Waals surface area contributed by atoms with Gasteiger partial charge in [-0.1, -0.05) is 33.9 Å². The summed E-state index contributed by atoms with van der Waals surface area (Å²) < 4.78 is 31.7. The predicted molar refractivity (Wildman–Crippen MR) is 129 cm³/mol. The van der Waals surface area contributed by atoms with E-state index in [0.717, 1.165) is 12.2 Å². The van der Waals surface area contributed by atoms with E-state index in [1.54, 1.807) is 20.8 Å². The van der Waals surface area contributed by atoms with Crippen molar-refractivity contribution in [2.75, 3.05) is 52.9 Å². The SMILES string of the molecule is C=CC(=O)OCC(COCC(CO)(COC(=O)CC)COC(=O)CC)(COC(=O)C=C)COC(=O)CC. The number of hydrogen-bond acceptors (Lipinski definition) is 12. The fourth-order valence-corrected chi connectivity index (χ4v) is 2.57. The minimum absolute atomic E-state index is 0.0645. The largest absolute Gasteiger partial charge is 0.465 e. The molecule has 0 atom stereocenters. The van der Waals surface area contributed by atoms with E-state index in [1.165, 1.54) is 0 Å². The molecular formula is C25H38O12. The molecule has 0 fully saturated rings. The molecule has 0 aliphatic heterocycles. The molecule has 0 amide bonds. The molecule has 210 valence electrons. The van der Waals surface area contributed by atoms with Gasteiger partial charge in [0.15, 0.2) is 0 Å². The molecule has 12 nitrogen and oxygen atoms in total. The quantitative estimate of drug-likeness (QED) is 0.137. The van der Waals surface area contributed by atoms with Gasteiger partial charge in [-0.2, -0.15) is 0 Å². The topological polar surface area (TPSA) is 161 Å². The highest BCUT2D eigenvalue weighted by atomic mass is 16.6. The number of esters is 5. The molecule has 12 heteroatoms. The van der Waals surface area contributed by atoms with Gasteiger partial charge in [0.05, 0.1) is 30.7 Å². The standard InChI is InChI=1S/C25H38O12/c1-6-19(27)33-14-24(11-26,15-34-20(28)7-2)12-32-13-25(16-35-21(29)8-3,17-36-22(30)9-4)18-37-23(31)10-5/h8-9,26H,3-4,6-7,10-18H2,1-2,5H3. The van der Waals surface area contributed by atoms with Crippen LogP contribution in [0.5, 0.6) is 0 Å². The van der Waals surface area contributed by atoms with Gasteiger partial charge in [0.25, 0.3) is 0 Å². The van der Waals surface area contributed by atoms with Crippen molar-refractivity contribution >= 4 is 29.8 Å². The normalized spacial score (nSPS) is 11.1. The monoisotopic (exact) mass is 530 g/mol. The highest BCUT2D eigenvalue weighted by molar-refractivity contribution is 5.81. The van der Waals surface area contributed by atoms with Crippen molar-refractivity contribution < 1.29 is 57.5 Å². The average Bonchev–Trinajstić information content (AvgIpc) is 2.93. The lowest BCUT2D eigenvalue weighted by Gasteiger charge is -2.35. The van der Waals surface area contributed by atoms with Crippen LogP contribution in [0.3, 0.4) is 0 Å². The lowest BCUT2D eigenvalue weighted by Crippen LogP contribution is -2.46. The van der Waals surface area contributed by atoms with Crippen LogP contribution in [0.2, 0.25) is 0 Å². The van der Waals surface area contributed by atoms with E-state index in [0.29, 0.717) is 0 Å². The number of carbonyl (C=O) groups excluding carboxylic acids is 5. The summed E-state index contributed by atoms with van der Waals surface area (Å²) in [5.74, 6) is -3.17. The number of carbonyl (C=O) groups is 5. The summed E-state index contributed by atoms with van der Waals surface area (Å²) >= 11 is 0. The van der Waals surface area contributed by atoms with Gasteiger partial charge < -0.3 is 33.5 Å². The van der Waals surface area contributed by atoms with Crippen LogP contribution in [0.4, 0.5) is 0 Å². The van der Waals surface area contributed by atoms with Crippen LogP contribution in [0.25, 0.3) is 0 Å². The van der Waals surface area contributed by atoms with Crippen LogP contribution in [0.1, 0.15) is 40.0 Å². The molecule has 0 aromatic heterocycles. The van der Waals surface area contributed by atoms with E-state index in [4.69, 9.17) is 28.4 Å². The molecule has 0 bridgehead atoms. The Hall–Kier alpha value is -3.25. The van der Waals surface area contributed by atoms with E-state index in [1.807, 2.05) is 0 Å². The molecule has 0 radical (unpaired) electrons. The maximum Gasteiger partial charge on any atom is 0.330 e. The summed E-state index contributed by atoms with van der Waals surface area (Å²) in [6.07, 6.45) is 2.11. The Morgan fingerprint density at radius 2 is 0.919 bits per heavy atom. The average molecular weight is 531 g/mol. The summed E-state index contributed by atoms with van der Waals surface area (Å²) in [7, 11) is 0. The van der Waals surface area contributed by atoms with Crippen LogP contribution in [-0.2, 0) is 52.4 Å². The first-order valence-electron chi connectivity index (χ1n) is 11.8. The molecule has 0 saturated heterocycles. The number of ether oxygens (including phenoxy) is 6. The third kappa shape index (κ3) is 13.6. The van der Waals surface area contributed by atoms with Crippen molar-refractivity contribution in [1.82, 2.24) is 0 Å². The van der Waals surface area contributed by atoms with Gasteiger partial charge in [0, 0.05) is 31.4 Å². The van der Waals surface area contributed by atoms with E-state index in [-0.39, 0.29) is 65.5 Å². The minimum Gasteiger partial charge on any atom is -0.465 e. The lowest BCUT2D eigenvalue weighted by atomic mass is 9.90. The van der Waals surface area contributed by atoms with E-state index in [2.05, 4.69) is 13.2 Å². The van der Waals surface area contributed by atoms with E-state index >= 15 is 0 Å². The first-order chi connectivity index (χ1) is 17.5. The Morgan fingerprint density at radius 1 is 0.595 bits per heavy atom. The molecule has 0 rings (SSSR count). The van der Waals surface area contributed by atoms with Gasteiger partial charge in [-0.05, 0) is 0 Å². The van der Waals surface area contributed by atoms with Crippen LogP contribution in [0, 0.1) is 10.8 Å². The van der Waals surface area contributed by atoms with Gasteiger partial charge >= 0.3 is 29.8 Å². The first-order valence-corrected chi connectivity index (χ1v) is 11.8. The van der Waals surface area contributed by atoms with Crippen molar-refractivity contribution in [3.8, 4) is 0 Å². The molecule has 0 aliphatic carbocycles. The van der Waals surface area contributed by atoms with Gasteiger partial charge in [-0.3, -0.25) is 14.4 Å². The minimum atomic E-state index is -1.36. The molecule has 0 aliphatic rings. The smallest absolute Gasteiger partial charge is 0.330 e. The summed E-state index contributed by atoms with van der Waals surface area (Å²) in [6.45, 7) is 8.50. The summed E-state index contributed by atoms with van der Waals surface area (Å²) in [5, 5.41) is 10.1. The number of aliphatic hydroxyl groups is 1. The molecule has 0 aromatic carbocycles. The third-order valence-corrected chi connectivity index (χ3v) is 5.01. The molecule has 0 heterocycles. The highest BCUT2D eigenvalue weighted by Crippen LogP contribution is 2.25. The molecule has 0 saturated carbocycles. The number of hydrogen-bond donors (Lipinski definition) is 1. The van der Waals surface area contributed by atoms with Crippen molar-refractivity contribution in [3.05, 3.63) is 25.3 Å². The van der Waals surface area contributed by atoms with Crippen molar-refractivity contribution in [3.63, 3.8) is 0 Å². The van der Waals surface area contributed by atoms with Gasteiger partial charge in [0.1, 0.15) is 33.0 Å². The molecular weight excluding hydrogens is 492 g/mol. The van der Waals surface area contributed by atoms with Crippen LogP contribution in [-0.4, -0.2) is 87.8 Å². The zero-order valence-corrected chi connectivity index (χ0v) is 21.8. The predicted octanol–water partition coefficient (Wildman–Crippen LogP) is 1.29. The Morgan fingerprint density at radius 3 is 1.24 bits per heavy atom. The van der Waals surface area contributed by atoms with Crippen molar-refractivity contribution in [1.29, 1.82) is 0 Å².